The molecular formula is C12H13BrF3NO2S. The lowest BCUT2D eigenvalue weighted by Gasteiger charge is -2.14. The van der Waals surface area contributed by atoms with Crippen LogP contribution in [0.2, 0.25) is 0 Å². The van der Waals surface area contributed by atoms with Crippen molar-refractivity contribution in [1.29, 1.82) is 0 Å². The van der Waals surface area contributed by atoms with E-state index in [0.717, 1.165) is 6.07 Å². The predicted molar refractivity (Wildman–Crippen MR) is 75.0 cm³/mol. The lowest BCUT2D eigenvalue weighted by atomic mass is 10.1. The summed E-state index contributed by atoms with van der Waals surface area (Å²) in [6, 6.07) is 2.88. The third-order valence-electron chi connectivity index (χ3n) is 2.40. The van der Waals surface area contributed by atoms with E-state index < -0.39 is 28.4 Å². The van der Waals surface area contributed by atoms with E-state index in [-0.39, 0.29) is 21.8 Å². The Labute approximate surface area is 125 Å². The van der Waals surface area contributed by atoms with E-state index in [9.17, 15) is 22.2 Å². The topological polar surface area (TPSA) is 46.2 Å². The summed E-state index contributed by atoms with van der Waals surface area (Å²) in [6.07, 6.45) is -3.05. The molecule has 1 amide bonds. The van der Waals surface area contributed by atoms with Gasteiger partial charge in [-0.3, -0.25) is 9.00 Å². The summed E-state index contributed by atoms with van der Waals surface area (Å²) in [5.74, 6) is -0.380. The van der Waals surface area contributed by atoms with Crippen LogP contribution in [0.5, 0.6) is 0 Å². The summed E-state index contributed by atoms with van der Waals surface area (Å²) >= 11 is 2.81. The first kappa shape index (κ1) is 17.2. The first-order valence-electron chi connectivity index (χ1n) is 5.59. The van der Waals surface area contributed by atoms with Crippen molar-refractivity contribution in [2.45, 2.75) is 19.1 Å². The fourth-order valence-electron chi connectivity index (χ4n) is 1.58. The molecule has 0 aliphatic heterocycles. The Balaban J connectivity index is 2.92. The molecule has 2 atom stereocenters. The zero-order valence-electron chi connectivity index (χ0n) is 10.8. The van der Waals surface area contributed by atoms with Gasteiger partial charge in [0.1, 0.15) is 0 Å². The van der Waals surface area contributed by atoms with Crippen LogP contribution in [-0.4, -0.2) is 28.2 Å². The molecule has 0 aliphatic rings. The standard InChI is InChI=1S/C12H13BrF3NO2S/c1-7(6-20(2)19)17-11(18)8-3-4-10(13)9(5-8)12(14,15)16/h3-5,7H,6H2,1-2H3,(H,17,18). The first-order chi connectivity index (χ1) is 9.11. The molecule has 8 heteroatoms. The number of rotatable bonds is 4. The van der Waals surface area contributed by atoms with Gasteiger partial charge in [-0.2, -0.15) is 13.2 Å². The van der Waals surface area contributed by atoms with Gasteiger partial charge < -0.3 is 5.32 Å². The quantitative estimate of drug-likeness (QED) is 0.884. The average molecular weight is 372 g/mol. The van der Waals surface area contributed by atoms with Crippen LogP contribution >= 0.6 is 15.9 Å². The van der Waals surface area contributed by atoms with E-state index in [1.54, 1.807) is 6.92 Å². The molecule has 0 saturated heterocycles. The Bertz CT molecular complexity index is 534. The number of benzene rings is 1. The van der Waals surface area contributed by atoms with Crippen LogP contribution < -0.4 is 5.32 Å². The van der Waals surface area contributed by atoms with E-state index >= 15 is 0 Å². The van der Waals surface area contributed by atoms with Gasteiger partial charge >= 0.3 is 6.18 Å². The van der Waals surface area contributed by atoms with Crippen LogP contribution in [0.15, 0.2) is 22.7 Å². The molecular weight excluding hydrogens is 359 g/mol. The monoisotopic (exact) mass is 371 g/mol. The van der Waals surface area contributed by atoms with Crippen LogP contribution in [0.25, 0.3) is 0 Å². The van der Waals surface area contributed by atoms with E-state index in [2.05, 4.69) is 21.2 Å². The Kier molecular flexibility index (Phi) is 5.76. The maximum atomic E-state index is 12.7. The second kappa shape index (κ2) is 6.71. The van der Waals surface area contributed by atoms with E-state index in [1.165, 1.54) is 18.4 Å². The third-order valence-corrected chi connectivity index (χ3v) is 4.06. The molecule has 0 spiro atoms. The highest BCUT2D eigenvalue weighted by molar-refractivity contribution is 9.10. The van der Waals surface area contributed by atoms with Crippen molar-refractivity contribution in [2.24, 2.45) is 0 Å². The highest BCUT2D eigenvalue weighted by Crippen LogP contribution is 2.35. The van der Waals surface area contributed by atoms with Gasteiger partial charge in [0.15, 0.2) is 0 Å². The van der Waals surface area contributed by atoms with E-state index in [1.807, 2.05) is 0 Å². The molecule has 0 bridgehead atoms. The number of amides is 1. The Morgan fingerprint density at radius 1 is 1.45 bits per heavy atom. The molecule has 1 rings (SSSR count). The van der Waals surface area contributed by atoms with E-state index in [0.29, 0.717) is 0 Å². The van der Waals surface area contributed by atoms with Gasteiger partial charge in [-0.05, 0) is 25.1 Å². The maximum Gasteiger partial charge on any atom is 0.417 e. The highest BCUT2D eigenvalue weighted by Gasteiger charge is 2.33. The molecule has 0 fully saturated rings. The molecule has 0 aliphatic carbocycles. The van der Waals surface area contributed by atoms with Crippen LogP contribution in [-0.2, 0) is 17.0 Å². The van der Waals surface area contributed by atoms with Crippen molar-refractivity contribution in [1.82, 2.24) is 5.32 Å². The van der Waals surface area contributed by atoms with Crippen LogP contribution in [0.4, 0.5) is 13.2 Å². The van der Waals surface area contributed by atoms with Gasteiger partial charge in [-0.15, -0.1) is 0 Å². The predicted octanol–water partition coefficient (Wildman–Crippen LogP) is 2.96. The average Bonchev–Trinajstić information content (AvgIpc) is 2.26. The lowest BCUT2D eigenvalue weighted by molar-refractivity contribution is -0.138. The van der Waals surface area contributed by atoms with Crippen LogP contribution in [0.1, 0.15) is 22.8 Å². The molecule has 20 heavy (non-hydrogen) atoms. The Morgan fingerprint density at radius 2 is 2.05 bits per heavy atom. The van der Waals surface area contributed by atoms with E-state index in [4.69, 9.17) is 0 Å². The number of halogens is 4. The molecule has 0 heterocycles. The molecule has 0 saturated carbocycles. The molecule has 112 valence electrons. The smallest absolute Gasteiger partial charge is 0.349 e. The molecule has 0 aromatic heterocycles. The summed E-state index contributed by atoms with van der Waals surface area (Å²) in [7, 11) is -1.09. The fourth-order valence-corrected chi connectivity index (χ4v) is 2.84. The van der Waals surface area contributed by atoms with Gasteiger partial charge in [0, 0.05) is 38.9 Å². The molecule has 1 aromatic rings. The number of carbonyl (C=O) groups is 1. The zero-order chi connectivity index (χ0) is 15.5. The fraction of sp³-hybridized carbons (Fsp3) is 0.417. The number of carbonyl (C=O) groups excluding carboxylic acids is 1. The summed E-state index contributed by atoms with van der Waals surface area (Å²) in [6.45, 7) is 1.64. The molecule has 1 N–H and O–H groups in total. The number of nitrogens with one attached hydrogen (secondary N) is 1. The second-order valence-electron chi connectivity index (χ2n) is 4.31. The van der Waals surface area contributed by atoms with Crippen molar-refractivity contribution in [2.75, 3.05) is 12.0 Å². The van der Waals surface area contributed by atoms with Crippen molar-refractivity contribution >= 4 is 32.6 Å². The van der Waals surface area contributed by atoms with Gasteiger partial charge in [0.05, 0.1) is 5.56 Å². The zero-order valence-corrected chi connectivity index (χ0v) is 13.2. The van der Waals surface area contributed by atoms with Gasteiger partial charge in [-0.25, -0.2) is 0 Å². The minimum Gasteiger partial charge on any atom is -0.349 e. The second-order valence-corrected chi connectivity index (χ2v) is 6.64. The van der Waals surface area contributed by atoms with Gasteiger partial charge in [-0.1, -0.05) is 15.9 Å². The van der Waals surface area contributed by atoms with Crippen LogP contribution in [0.3, 0.4) is 0 Å². The third kappa shape index (κ3) is 4.90. The Morgan fingerprint density at radius 3 is 2.55 bits per heavy atom. The highest BCUT2D eigenvalue weighted by atomic mass is 79.9. The number of hydrogen-bond donors (Lipinski definition) is 1. The molecule has 0 radical (unpaired) electrons. The van der Waals surface area contributed by atoms with Gasteiger partial charge in [0.2, 0.25) is 0 Å². The molecule has 3 nitrogen and oxygen atoms in total. The van der Waals surface area contributed by atoms with Crippen molar-refractivity contribution < 1.29 is 22.2 Å². The summed E-state index contributed by atoms with van der Waals surface area (Å²) in [5.41, 5.74) is -0.994. The Hall–Kier alpha value is -0.890. The summed E-state index contributed by atoms with van der Waals surface area (Å²) in [5, 5.41) is 2.51. The summed E-state index contributed by atoms with van der Waals surface area (Å²) < 4.78 is 49.1. The number of hydrogen-bond acceptors (Lipinski definition) is 2. The normalized spacial score (nSPS) is 14.7. The van der Waals surface area contributed by atoms with Gasteiger partial charge in [0.25, 0.3) is 5.91 Å². The SMILES string of the molecule is CC(CS(C)=O)NC(=O)c1ccc(Br)c(C(F)(F)F)c1. The van der Waals surface area contributed by atoms with Crippen molar-refractivity contribution in [3.05, 3.63) is 33.8 Å². The molecule has 2 unspecified atom stereocenters. The van der Waals surface area contributed by atoms with Crippen molar-refractivity contribution in [3.8, 4) is 0 Å². The molecule has 1 aromatic carbocycles. The maximum absolute atomic E-state index is 12.7. The minimum atomic E-state index is -4.54. The lowest BCUT2D eigenvalue weighted by Crippen LogP contribution is -2.36. The summed E-state index contributed by atoms with van der Waals surface area (Å²) in [4.78, 5) is 11.8. The van der Waals surface area contributed by atoms with Crippen LogP contribution in [0, 0.1) is 0 Å². The number of alkyl halides is 3. The first-order valence-corrected chi connectivity index (χ1v) is 8.11. The minimum absolute atomic E-state index is 0.0886. The van der Waals surface area contributed by atoms with Crippen molar-refractivity contribution in [3.63, 3.8) is 0 Å². The largest absolute Gasteiger partial charge is 0.417 e.